The zero-order valence-corrected chi connectivity index (χ0v) is 20.7. The molecule has 0 fully saturated rings. The Kier molecular flexibility index (Phi) is 5.78. The topological polar surface area (TPSA) is 141 Å². The second-order valence-corrected chi connectivity index (χ2v) is 10.8. The standard InChI is InChI=1S/C25H23FN8O2S/c1-37(35,36)29-11-14-8-16(10-17(26)9-14)18-12-28-13-21-22(18)32-25(31-21)24-23-20(33-34-24)3-2-19(30-23)15-4-6-27-7-5-15/h2-4,8-10,12-13,27,29H,5-7,11H2,1H3,(H,31,32)(H,33,34). The molecule has 0 spiro atoms. The Balaban J connectivity index is 1.42. The van der Waals surface area contributed by atoms with Crippen molar-refractivity contribution in [3.05, 3.63) is 65.9 Å². The van der Waals surface area contributed by atoms with E-state index in [0.29, 0.717) is 44.8 Å². The molecule has 1 aromatic carbocycles. The summed E-state index contributed by atoms with van der Waals surface area (Å²) in [5.41, 5.74) is 7.03. The fraction of sp³-hybridized carbons (Fsp3) is 0.200. The van der Waals surface area contributed by atoms with Gasteiger partial charge in [-0.1, -0.05) is 6.08 Å². The number of rotatable bonds is 6. The van der Waals surface area contributed by atoms with Crippen LogP contribution in [0.5, 0.6) is 0 Å². The summed E-state index contributed by atoms with van der Waals surface area (Å²) in [5, 5.41) is 10.8. The van der Waals surface area contributed by atoms with Gasteiger partial charge in [-0.05, 0) is 60.0 Å². The van der Waals surface area contributed by atoms with Crippen LogP contribution in [0.25, 0.3) is 50.3 Å². The lowest BCUT2D eigenvalue weighted by molar-refractivity contribution is 0.586. The summed E-state index contributed by atoms with van der Waals surface area (Å²) >= 11 is 0. The van der Waals surface area contributed by atoms with Gasteiger partial charge in [0.15, 0.2) is 11.5 Å². The molecule has 4 N–H and O–H groups in total. The Morgan fingerprint density at radius 2 is 1.97 bits per heavy atom. The first-order valence-corrected chi connectivity index (χ1v) is 13.6. The molecule has 0 atom stereocenters. The number of halogens is 1. The van der Waals surface area contributed by atoms with Crippen molar-refractivity contribution in [2.24, 2.45) is 0 Å². The van der Waals surface area contributed by atoms with Crippen molar-refractivity contribution in [1.82, 2.24) is 40.2 Å². The third kappa shape index (κ3) is 4.73. The predicted octanol–water partition coefficient (Wildman–Crippen LogP) is 3.13. The fourth-order valence-corrected chi connectivity index (χ4v) is 4.91. The van der Waals surface area contributed by atoms with Crippen LogP contribution in [0, 0.1) is 5.82 Å². The highest BCUT2D eigenvalue weighted by Crippen LogP contribution is 2.32. The highest BCUT2D eigenvalue weighted by molar-refractivity contribution is 7.88. The summed E-state index contributed by atoms with van der Waals surface area (Å²) in [5.74, 6) is 0.0209. The maximum Gasteiger partial charge on any atom is 0.209 e. The second-order valence-electron chi connectivity index (χ2n) is 8.96. The number of nitrogens with one attached hydrogen (secondary N) is 4. The highest BCUT2D eigenvalue weighted by Gasteiger charge is 2.18. The van der Waals surface area contributed by atoms with Gasteiger partial charge in [0.2, 0.25) is 10.0 Å². The zero-order chi connectivity index (χ0) is 25.6. The molecule has 37 heavy (non-hydrogen) atoms. The third-order valence-corrected chi connectivity index (χ3v) is 6.89. The molecule has 0 amide bonds. The van der Waals surface area contributed by atoms with Gasteiger partial charge in [0.1, 0.15) is 11.3 Å². The average Bonchev–Trinajstić information content (AvgIpc) is 3.51. The molecule has 1 aliphatic heterocycles. The van der Waals surface area contributed by atoms with Crippen molar-refractivity contribution in [2.75, 3.05) is 19.3 Å². The van der Waals surface area contributed by atoms with Crippen molar-refractivity contribution >= 4 is 37.7 Å². The van der Waals surface area contributed by atoms with Gasteiger partial charge in [-0.3, -0.25) is 10.1 Å². The molecule has 6 rings (SSSR count). The Bertz CT molecular complexity index is 1790. The summed E-state index contributed by atoms with van der Waals surface area (Å²) in [6, 6.07) is 8.34. The number of aromatic nitrogens is 6. The first-order valence-electron chi connectivity index (χ1n) is 11.7. The Labute approximate surface area is 211 Å². The SMILES string of the molecule is CS(=O)(=O)NCc1cc(F)cc(-c2cncc3[nH]c(-c4n[nH]c5ccc(C6=CCNCC6)nc45)nc23)c1. The quantitative estimate of drug-likeness (QED) is 0.271. The van der Waals surface area contributed by atoms with Crippen molar-refractivity contribution in [3.63, 3.8) is 0 Å². The Hall–Kier alpha value is -4.00. The van der Waals surface area contributed by atoms with Crippen LogP contribution < -0.4 is 10.0 Å². The van der Waals surface area contributed by atoms with Crippen LogP contribution in [0.4, 0.5) is 4.39 Å². The number of nitrogens with zero attached hydrogens (tertiary/aromatic N) is 4. The van der Waals surface area contributed by atoms with Crippen molar-refractivity contribution in [2.45, 2.75) is 13.0 Å². The fourth-order valence-electron chi connectivity index (χ4n) is 4.48. The minimum atomic E-state index is -3.42. The summed E-state index contributed by atoms with van der Waals surface area (Å²) in [4.78, 5) is 17.2. The minimum Gasteiger partial charge on any atom is -0.335 e. The van der Waals surface area contributed by atoms with Gasteiger partial charge in [-0.25, -0.2) is 27.5 Å². The molecular formula is C25H23FN8O2S. The molecule has 0 bridgehead atoms. The number of aromatic amines is 2. The molecular weight excluding hydrogens is 495 g/mol. The van der Waals surface area contributed by atoms with Gasteiger partial charge >= 0.3 is 0 Å². The molecule has 1 aliphatic rings. The number of H-pyrrole nitrogens is 2. The van der Waals surface area contributed by atoms with Crippen LogP contribution in [0.3, 0.4) is 0 Å². The number of benzene rings is 1. The Morgan fingerprint density at radius 1 is 1.08 bits per heavy atom. The largest absolute Gasteiger partial charge is 0.335 e. The van der Waals surface area contributed by atoms with E-state index in [1.165, 1.54) is 17.7 Å². The lowest BCUT2D eigenvalue weighted by atomic mass is 10.0. The van der Waals surface area contributed by atoms with E-state index in [2.05, 4.69) is 36.3 Å². The summed E-state index contributed by atoms with van der Waals surface area (Å²) in [6.07, 6.45) is 7.37. The molecule has 12 heteroatoms. The van der Waals surface area contributed by atoms with Gasteiger partial charge in [-0.2, -0.15) is 5.10 Å². The number of hydrogen-bond acceptors (Lipinski definition) is 7. The third-order valence-electron chi connectivity index (χ3n) is 6.23. The molecule has 0 unspecified atom stereocenters. The first kappa shape index (κ1) is 23.4. The minimum absolute atomic E-state index is 0.0292. The second kappa shape index (κ2) is 9.14. The van der Waals surface area contributed by atoms with Crippen molar-refractivity contribution in [1.29, 1.82) is 0 Å². The monoisotopic (exact) mass is 518 g/mol. The highest BCUT2D eigenvalue weighted by atomic mass is 32.2. The van der Waals surface area contributed by atoms with Gasteiger partial charge in [0.25, 0.3) is 0 Å². The van der Waals surface area contributed by atoms with Gasteiger partial charge in [0.05, 0.1) is 34.7 Å². The number of fused-ring (bicyclic) bond motifs is 2. The Morgan fingerprint density at radius 3 is 2.78 bits per heavy atom. The smallest absolute Gasteiger partial charge is 0.209 e. The molecule has 4 aromatic heterocycles. The molecule has 5 heterocycles. The normalized spacial score (nSPS) is 14.4. The summed E-state index contributed by atoms with van der Waals surface area (Å²) in [6.45, 7) is 1.70. The lowest BCUT2D eigenvalue weighted by Crippen LogP contribution is -2.21. The molecule has 188 valence electrons. The van der Waals surface area contributed by atoms with E-state index in [4.69, 9.17) is 9.97 Å². The number of pyridine rings is 2. The molecule has 10 nitrogen and oxygen atoms in total. The van der Waals surface area contributed by atoms with E-state index in [-0.39, 0.29) is 6.54 Å². The predicted molar refractivity (Wildman–Crippen MR) is 139 cm³/mol. The maximum absolute atomic E-state index is 14.5. The van der Waals surface area contributed by atoms with E-state index >= 15 is 0 Å². The lowest BCUT2D eigenvalue weighted by Gasteiger charge is -2.13. The molecule has 0 saturated carbocycles. The number of imidazole rings is 1. The number of hydrogen-bond donors (Lipinski definition) is 4. The van der Waals surface area contributed by atoms with Crippen LogP contribution in [0.1, 0.15) is 17.7 Å². The van der Waals surface area contributed by atoms with Crippen LogP contribution in [0.15, 0.2) is 48.8 Å². The van der Waals surface area contributed by atoms with Crippen LogP contribution in [-0.2, 0) is 16.6 Å². The maximum atomic E-state index is 14.5. The van der Waals surface area contributed by atoms with E-state index < -0.39 is 15.8 Å². The van der Waals surface area contributed by atoms with Gasteiger partial charge < -0.3 is 10.3 Å². The van der Waals surface area contributed by atoms with Crippen LogP contribution >= 0.6 is 0 Å². The van der Waals surface area contributed by atoms with Gasteiger partial charge in [-0.15, -0.1) is 0 Å². The molecule has 5 aromatic rings. The zero-order valence-electron chi connectivity index (χ0n) is 19.8. The number of sulfonamides is 1. The van der Waals surface area contributed by atoms with Crippen LogP contribution in [-0.4, -0.2) is 57.9 Å². The van der Waals surface area contributed by atoms with E-state index in [9.17, 15) is 12.8 Å². The molecule has 0 radical (unpaired) electrons. The van der Waals surface area contributed by atoms with Gasteiger partial charge in [0, 0.05) is 24.8 Å². The van der Waals surface area contributed by atoms with Crippen LogP contribution in [0.2, 0.25) is 0 Å². The van der Waals surface area contributed by atoms with E-state index in [0.717, 1.165) is 37.0 Å². The molecule has 0 saturated heterocycles. The molecule has 0 aliphatic carbocycles. The summed E-state index contributed by atoms with van der Waals surface area (Å²) in [7, 11) is -3.42. The average molecular weight is 519 g/mol. The van der Waals surface area contributed by atoms with E-state index in [1.54, 1.807) is 18.5 Å². The van der Waals surface area contributed by atoms with E-state index in [1.807, 2.05) is 12.1 Å². The first-order chi connectivity index (χ1) is 17.8. The summed E-state index contributed by atoms with van der Waals surface area (Å²) < 4.78 is 39.8. The van der Waals surface area contributed by atoms with Crippen molar-refractivity contribution < 1.29 is 12.8 Å². The van der Waals surface area contributed by atoms with Crippen molar-refractivity contribution in [3.8, 4) is 22.6 Å².